The Kier molecular flexibility index (Phi) is 4.16. The molecule has 0 radical (unpaired) electrons. The summed E-state index contributed by atoms with van der Waals surface area (Å²) < 4.78 is 0. The Morgan fingerprint density at radius 3 is 2.00 bits per heavy atom. The Bertz CT molecular complexity index is 70.8. The van der Waals surface area contributed by atoms with E-state index in [0.717, 1.165) is 25.9 Å². The zero-order valence-electron chi connectivity index (χ0n) is 4.59. The van der Waals surface area contributed by atoms with Crippen molar-refractivity contribution in [3.63, 3.8) is 0 Å². The Labute approximate surface area is 63.5 Å². The first-order chi connectivity index (χ1) is 3.43. The summed E-state index contributed by atoms with van der Waals surface area (Å²) in [6.45, 7) is 1.84. The number of nitrogens with zero attached hydrogens (tertiary/aromatic N) is 1. The standard InChI is InChI=1S/C5H8NO.W/c7-5-6-3-1-2-4-6;/h1-4H2;/q-1;. The third kappa shape index (κ3) is 1.95. The molecule has 3 heteroatoms. The summed E-state index contributed by atoms with van der Waals surface area (Å²) >= 11 is 0. The van der Waals surface area contributed by atoms with E-state index in [1.807, 2.05) is 6.41 Å². The van der Waals surface area contributed by atoms with Gasteiger partial charge in [0.15, 0.2) is 0 Å². The average Bonchev–Trinajstić information content (AvgIpc) is 2.14. The maximum atomic E-state index is 9.81. The number of hydrogen-bond donors (Lipinski definition) is 0. The van der Waals surface area contributed by atoms with Crippen molar-refractivity contribution in [2.24, 2.45) is 0 Å². The van der Waals surface area contributed by atoms with Gasteiger partial charge in [0.1, 0.15) is 0 Å². The third-order valence-electron chi connectivity index (χ3n) is 1.24. The minimum absolute atomic E-state index is 0. The molecule has 0 N–H and O–H groups in total. The maximum Gasteiger partial charge on any atom is 0 e. The Morgan fingerprint density at radius 1 is 1.25 bits per heavy atom. The van der Waals surface area contributed by atoms with E-state index in [2.05, 4.69) is 0 Å². The van der Waals surface area contributed by atoms with E-state index in [9.17, 15) is 4.79 Å². The summed E-state index contributed by atoms with van der Waals surface area (Å²) in [6.07, 6.45) is 4.17. The van der Waals surface area contributed by atoms with Crippen molar-refractivity contribution in [2.75, 3.05) is 13.1 Å². The van der Waals surface area contributed by atoms with Gasteiger partial charge in [0.25, 0.3) is 0 Å². The molecule has 0 atom stereocenters. The van der Waals surface area contributed by atoms with Crippen LogP contribution in [-0.4, -0.2) is 24.4 Å². The zero-order valence-corrected chi connectivity index (χ0v) is 7.53. The maximum absolute atomic E-state index is 9.81. The van der Waals surface area contributed by atoms with Gasteiger partial charge in [0.2, 0.25) is 0 Å². The second-order valence-electron chi connectivity index (χ2n) is 1.79. The molecule has 0 unspecified atom stereocenters. The molecule has 8 heavy (non-hydrogen) atoms. The van der Waals surface area contributed by atoms with Gasteiger partial charge in [-0.25, -0.2) is 0 Å². The monoisotopic (exact) mass is 282 g/mol. The molecule has 1 rings (SSSR count). The number of rotatable bonds is 1. The normalized spacial score (nSPS) is 17.8. The van der Waals surface area contributed by atoms with Gasteiger partial charge in [-0.2, -0.15) is 6.41 Å². The predicted molar refractivity (Wildman–Crippen MR) is 26.5 cm³/mol. The molecule has 0 saturated carbocycles. The van der Waals surface area contributed by atoms with Crippen molar-refractivity contribution >= 4 is 6.41 Å². The summed E-state index contributed by atoms with van der Waals surface area (Å²) in [5.74, 6) is 0. The van der Waals surface area contributed by atoms with Gasteiger partial charge in [-0.3, -0.25) is 0 Å². The van der Waals surface area contributed by atoms with Crippen molar-refractivity contribution in [3.05, 3.63) is 0 Å². The van der Waals surface area contributed by atoms with E-state index >= 15 is 0 Å². The summed E-state index contributed by atoms with van der Waals surface area (Å²) in [5, 5.41) is 0. The van der Waals surface area contributed by atoms with E-state index in [1.165, 1.54) is 0 Å². The van der Waals surface area contributed by atoms with Crippen molar-refractivity contribution in [1.29, 1.82) is 0 Å². The van der Waals surface area contributed by atoms with Gasteiger partial charge in [0.05, 0.1) is 0 Å². The number of hydrogen-bond acceptors (Lipinski definition) is 1. The first kappa shape index (κ1) is 8.16. The van der Waals surface area contributed by atoms with Gasteiger partial charge in [-0.1, -0.05) is 0 Å². The molecule has 0 spiro atoms. The van der Waals surface area contributed by atoms with Crippen LogP contribution in [0.15, 0.2) is 0 Å². The second-order valence-corrected chi connectivity index (χ2v) is 1.79. The Morgan fingerprint density at radius 2 is 1.75 bits per heavy atom. The van der Waals surface area contributed by atoms with Crippen LogP contribution in [0.3, 0.4) is 0 Å². The topological polar surface area (TPSA) is 20.3 Å². The van der Waals surface area contributed by atoms with Crippen LogP contribution in [0, 0.1) is 0 Å². The quantitative estimate of drug-likeness (QED) is 0.627. The van der Waals surface area contributed by atoms with Crippen LogP contribution in [0.1, 0.15) is 12.8 Å². The molecule has 1 saturated heterocycles. The molecule has 0 aliphatic carbocycles. The van der Waals surface area contributed by atoms with Gasteiger partial charge in [0, 0.05) is 21.1 Å². The van der Waals surface area contributed by atoms with E-state index in [1.54, 1.807) is 4.90 Å². The van der Waals surface area contributed by atoms with E-state index in [-0.39, 0.29) is 21.1 Å². The molecular formula is C5H8NOW-. The minimum Gasteiger partial charge on any atom is -0.520 e. The molecule has 1 aliphatic heterocycles. The number of amides is 1. The first-order valence-electron chi connectivity index (χ1n) is 2.56. The Balaban J connectivity index is 0.000000490. The largest absolute Gasteiger partial charge is 0.520 e. The van der Waals surface area contributed by atoms with Crippen LogP contribution >= 0.6 is 0 Å². The minimum atomic E-state index is 0. The van der Waals surface area contributed by atoms with Crippen LogP contribution in [0.2, 0.25) is 0 Å². The van der Waals surface area contributed by atoms with Crippen LogP contribution < -0.4 is 0 Å². The second kappa shape index (κ2) is 4.08. The zero-order chi connectivity index (χ0) is 5.11. The molecule has 2 nitrogen and oxygen atoms in total. The molecule has 1 amide bonds. The molecule has 1 heterocycles. The molecule has 0 aromatic rings. The van der Waals surface area contributed by atoms with E-state index < -0.39 is 0 Å². The van der Waals surface area contributed by atoms with Crippen LogP contribution in [0.4, 0.5) is 0 Å². The number of carbonyl (C=O) groups excluding carboxylic acids is 1. The van der Waals surface area contributed by atoms with Crippen molar-refractivity contribution in [1.82, 2.24) is 4.90 Å². The summed E-state index contributed by atoms with van der Waals surface area (Å²) in [4.78, 5) is 11.5. The van der Waals surface area contributed by atoms with Gasteiger partial charge in [-0.05, 0) is 25.9 Å². The molecule has 0 aromatic heterocycles. The van der Waals surface area contributed by atoms with Crippen molar-refractivity contribution in [3.8, 4) is 0 Å². The SMILES string of the molecule is O=[C-]N1CCCC1.[W]. The first-order valence-corrected chi connectivity index (χ1v) is 2.56. The molecule has 0 bridgehead atoms. The average molecular weight is 282 g/mol. The van der Waals surface area contributed by atoms with Gasteiger partial charge < -0.3 is 9.69 Å². The molecular weight excluding hydrogens is 274 g/mol. The fourth-order valence-corrected chi connectivity index (χ4v) is 0.808. The van der Waals surface area contributed by atoms with E-state index in [4.69, 9.17) is 0 Å². The van der Waals surface area contributed by atoms with Crippen LogP contribution in [-0.2, 0) is 25.9 Å². The fraction of sp³-hybridized carbons (Fsp3) is 0.800. The molecule has 1 fully saturated rings. The van der Waals surface area contributed by atoms with Crippen molar-refractivity contribution in [2.45, 2.75) is 12.8 Å². The smallest absolute Gasteiger partial charge is 0 e. The van der Waals surface area contributed by atoms with E-state index in [0.29, 0.717) is 0 Å². The van der Waals surface area contributed by atoms with Gasteiger partial charge in [-0.15, -0.1) is 0 Å². The summed E-state index contributed by atoms with van der Waals surface area (Å²) in [7, 11) is 0. The third-order valence-corrected chi connectivity index (χ3v) is 1.24. The van der Waals surface area contributed by atoms with Gasteiger partial charge >= 0.3 is 0 Å². The molecule has 1 aliphatic rings. The summed E-state index contributed by atoms with van der Waals surface area (Å²) in [5.41, 5.74) is 0. The fourth-order valence-electron chi connectivity index (χ4n) is 0.808. The summed E-state index contributed by atoms with van der Waals surface area (Å²) in [6, 6.07) is 0. The van der Waals surface area contributed by atoms with Crippen molar-refractivity contribution < 1.29 is 25.9 Å². The molecule has 46 valence electrons. The van der Waals surface area contributed by atoms with Crippen LogP contribution in [0.25, 0.3) is 0 Å². The Hall–Kier alpha value is 0.158. The van der Waals surface area contributed by atoms with Crippen LogP contribution in [0.5, 0.6) is 0 Å². The predicted octanol–water partition coefficient (Wildman–Crippen LogP) is 0.147. The number of likely N-dealkylation sites (tertiary alicyclic amines) is 1. The molecule has 0 aromatic carbocycles.